The fourth-order valence-corrected chi connectivity index (χ4v) is 4.59. The molecule has 6 heteroatoms. The number of rotatable bonds is 1. The van der Waals surface area contributed by atoms with Gasteiger partial charge < -0.3 is 14.7 Å². The van der Waals surface area contributed by atoms with E-state index in [-0.39, 0.29) is 22.4 Å². The van der Waals surface area contributed by atoms with Crippen molar-refractivity contribution in [1.82, 2.24) is 4.90 Å². The number of aliphatic hydroxyl groups is 1. The van der Waals surface area contributed by atoms with E-state index in [1.54, 1.807) is 11.0 Å². The molecule has 2 aliphatic rings. The molecule has 3 rings (SSSR count). The maximum atomic E-state index is 13.4. The number of hydrogen-bond acceptors (Lipinski definition) is 3. The summed E-state index contributed by atoms with van der Waals surface area (Å²) in [5, 5.41) is 11.2. The molecule has 1 aromatic rings. The molecule has 1 heterocycles. The molecule has 1 saturated heterocycles. The van der Waals surface area contributed by atoms with E-state index in [2.05, 4.69) is 0 Å². The molecule has 26 heavy (non-hydrogen) atoms. The number of carbonyl (C=O) groups excluding carboxylic acids is 1. The number of likely N-dealkylation sites (tertiary alicyclic amines) is 1. The van der Waals surface area contributed by atoms with Crippen LogP contribution in [0, 0.1) is 17.2 Å². The Hall–Kier alpha value is -1.33. The molecule has 1 aliphatic carbocycles. The minimum atomic E-state index is -0.995. The van der Waals surface area contributed by atoms with Gasteiger partial charge in [-0.2, -0.15) is 0 Å². The molecule has 1 N–H and O–H groups in total. The third-order valence-corrected chi connectivity index (χ3v) is 6.38. The topological polar surface area (TPSA) is 49.8 Å². The Kier molecular flexibility index (Phi) is 4.77. The van der Waals surface area contributed by atoms with Crippen LogP contribution in [0.3, 0.4) is 0 Å². The van der Waals surface area contributed by atoms with Crippen LogP contribution in [0.5, 0.6) is 0 Å². The van der Waals surface area contributed by atoms with Crippen molar-refractivity contribution in [3.63, 3.8) is 0 Å². The summed E-state index contributed by atoms with van der Waals surface area (Å²) in [4.78, 5) is 14.0. The van der Waals surface area contributed by atoms with Crippen molar-refractivity contribution in [2.45, 2.75) is 58.2 Å². The molecule has 2 atom stereocenters. The first-order valence-corrected chi connectivity index (χ1v) is 9.50. The number of benzene rings is 1. The number of hydrogen-bond donors (Lipinski definition) is 1. The van der Waals surface area contributed by atoms with E-state index in [9.17, 15) is 14.3 Å². The van der Waals surface area contributed by atoms with Gasteiger partial charge in [0.2, 0.25) is 0 Å². The minimum absolute atomic E-state index is 0.00583. The monoisotopic (exact) mass is 383 g/mol. The molecule has 2 unspecified atom stereocenters. The number of carbonyl (C=O) groups is 1. The highest BCUT2D eigenvalue weighted by Gasteiger charge is 2.61. The number of halogens is 2. The van der Waals surface area contributed by atoms with E-state index < -0.39 is 17.0 Å². The maximum Gasteiger partial charge on any atom is 0.410 e. The summed E-state index contributed by atoms with van der Waals surface area (Å²) in [6, 6.07) is 4.44. The average Bonchev–Trinajstić information content (AvgIpc) is 2.56. The summed E-state index contributed by atoms with van der Waals surface area (Å²) >= 11 is 5.89. The Bertz CT molecular complexity index is 709. The van der Waals surface area contributed by atoms with E-state index in [0.29, 0.717) is 25.1 Å². The first kappa shape index (κ1) is 19.4. The molecule has 0 radical (unpaired) electrons. The van der Waals surface area contributed by atoms with Crippen molar-refractivity contribution in [2.24, 2.45) is 11.3 Å². The predicted octanol–water partition coefficient (Wildman–Crippen LogP) is 4.72. The van der Waals surface area contributed by atoms with E-state index in [1.165, 1.54) is 12.1 Å². The van der Waals surface area contributed by atoms with Crippen molar-refractivity contribution in [1.29, 1.82) is 0 Å². The van der Waals surface area contributed by atoms with E-state index >= 15 is 0 Å². The minimum Gasteiger partial charge on any atom is -0.444 e. The number of ether oxygens (including phenoxy) is 1. The molecule has 1 saturated carbocycles. The van der Waals surface area contributed by atoms with Crippen molar-refractivity contribution < 1.29 is 19.0 Å². The standard InChI is InChI=1S/C20H27ClFNO3/c1-13-19(7-9-23(10-8-19)17(24)26-18(2,3)4)12-20(13,25)14-5-6-16(22)15(21)11-14/h5-6,11,13,25H,7-10,12H2,1-4H3. The van der Waals surface area contributed by atoms with Gasteiger partial charge in [-0.25, -0.2) is 9.18 Å². The molecule has 0 bridgehead atoms. The van der Waals surface area contributed by atoms with Crippen molar-refractivity contribution in [3.05, 3.63) is 34.6 Å². The quantitative estimate of drug-likeness (QED) is 0.763. The van der Waals surface area contributed by atoms with Crippen LogP contribution in [0.25, 0.3) is 0 Å². The molecule has 0 aromatic heterocycles. The summed E-state index contributed by atoms with van der Waals surface area (Å²) in [7, 11) is 0. The second-order valence-electron chi connectivity index (χ2n) is 8.78. The zero-order valence-corrected chi connectivity index (χ0v) is 16.6. The summed E-state index contributed by atoms with van der Waals surface area (Å²) in [5.74, 6) is -0.469. The fraction of sp³-hybridized carbons (Fsp3) is 0.650. The van der Waals surface area contributed by atoms with Gasteiger partial charge in [0.15, 0.2) is 0 Å². The van der Waals surface area contributed by atoms with Gasteiger partial charge >= 0.3 is 6.09 Å². The van der Waals surface area contributed by atoms with Gasteiger partial charge in [0.1, 0.15) is 11.4 Å². The van der Waals surface area contributed by atoms with Crippen molar-refractivity contribution in [2.75, 3.05) is 13.1 Å². The number of piperidine rings is 1. The van der Waals surface area contributed by atoms with E-state index in [4.69, 9.17) is 16.3 Å². The Morgan fingerprint density at radius 1 is 1.35 bits per heavy atom. The van der Waals surface area contributed by atoms with Gasteiger partial charge in [0, 0.05) is 13.1 Å². The van der Waals surface area contributed by atoms with Gasteiger partial charge in [-0.1, -0.05) is 24.6 Å². The molecule has 1 amide bonds. The predicted molar refractivity (Wildman–Crippen MR) is 98.6 cm³/mol. The normalized spacial score (nSPS) is 28.0. The zero-order valence-electron chi connectivity index (χ0n) is 15.8. The maximum absolute atomic E-state index is 13.4. The smallest absolute Gasteiger partial charge is 0.410 e. The summed E-state index contributed by atoms with van der Waals surface area (Å²) < 4.78 is 18.9. The van der Waals surface area contributed by atoms with Crippen LogP contribution in [0.2, 0.25) is 5.02 Å². The van der Waals surface area contributed by atoms with Gasteiger partial charge in [0.25, 0.3) is 0 Å². The summed E-state index contributed by atoms with van der Waals surface area (Å²) in [6.07, 6.45) is 1.97. The molecular weight excluding hydrogens is 357 g/mol. The van der Waals surface area contributed by atoms with Gasteiger partial charge in [-0.05, 0) is 69.1 Å². The lowest BCUT2D eigenvalue weighted by Crippen LogP contribution is -2.61. The second kappa shape index (κ2) is 6.38. The Labute approximate surface area is 159 Å². The van der Waals surface area contributed by atoms with E-state index in [0.717, 1.165) is 12.8 Å². The summed E-state index contributed by atoms with van der Waals surface area (Å²) in [6.45, 7) is 8.86. The van der Waals surface area contributed by atoms with Crippen LogP contribution in [0.15, 0.2) is 18.2 Å². The highest BCUT2D eigenvalue weighted by molar-refractivity contribution is 6.30. The molecule has 1 aromatic carbocycles. The Balaban J connectivity index is 1.66. The van der Waals surface area contributed by atoms with Crippen LogP contribution < -0.4 is 0 Å². The van der Waals surface area contributed by atoms with Crippen LogP contribution >= 0.6 is 11.6 Å². The highest BCUT2D eigenvalue weighted by Crippen LogP contribution is 2.63. The van der Waals surface area contributed by atoms with Gasteiger partial charge in [-0.3, -0.25) is 0 Å². The van der Waals surface area contributed by atoms with Crippen LogP contribution in [-0.2, 0) is 10.3 Å². The van der Waals surface area contributed by atoms with Crippen LogP contribution in [0.1, 0.15) is 52.5 Å². The third kappa shape index (κ3) is 3.31. The largest absolute Gasteiger partial charge is 0.444 e. The lowest BCUT2D eigenvalue weighted by atomic mass is 9.47. The highest BCUT2D eigenvalue weighted by atomic mass is 35.5. The summed E-state index contributed by atoms with van der Waals surface area (Å²) in [5.41, 5.74) is -0.839. The average molecular weight is 384 g/mol. The lowest BCUT2D eigenvalue weighted by molar-refractivity contribution is -0.211. The van der Waals surface area contributed by atoms with Crippen molar-refractivity contribution >= 4 is 17.7 Å². The van der Waals surface area contributed by atoms with Crippen LogP contribution in [0.4, 0.5) is 9.18 Å². The number of amides is 1. The first-order chi connectivity index (χ1) is 12.0. The molecule has 1 spiro atoms. The molecule has 1 aliphatic heterocycles. The van der Waals surface area contributed by atoms with Gasteiger partial charge in [-0.15, -0.1) is 0 Å². The fourth-order valence-electron chi connectivity index (χ4n) is 4.41. The first-order valence-electron chi connectivity index (χ1n) is 9.13. The molecule has 2 fully saturated rings. The van der Waals surface area contributed by atoms with E-state index in [1.807, 2.05) is 27.7 Å². The third-order valence-electron chi connectivity index (χ3n) is 6.09. The number of nitrogens with zero attached hydrogens (tertiary/aromatic N) is 1. The zero-order chi connectivity index (χ0) is 19.3. The molecular formula is C20H27ClFNO3. The molecule has 4 nitrogen and oxygen atoms in total. The lowest BCUT2D eigenvalue weighted by Gasteiger charge is -2.62. The SMILES string of the molecule is CC1C2(CCN(C(=O)OC(C)(C)C)CC2)CC1(O)c1ccc(F)c(Cl)c1. The Morgan fingerprint density at radius 2 is 1.96 bits per heavy atom. The van der Waals surface area contributed by atoms with Crippen LogP contribution in [-0.4, -0.2) is 34.8 Å². The van der Waals surface area contributed by atoms with Gasteiger partial charge in [0.05, 0.1) is 10.6 Å². The second-order valence-corrected chi connectivity index (χ2v) is 9.19. The Morgan fingerprint density at radius 3 is 2.46 bits per heavy atom. The molecule has 144 valence electrons. The van der Waals surface area contributed by atoms with Crippen molar-refractivity contribution in [3.8, 4) is 0 Å².